The molecule has 0 bridgehead atoms. The van der Waals surface area contributed by atoms with Gasteiger partial charge in [-0.05, 0) is 31.0 Å². The molecule has 17 heavy (non-hydrogen) atoms. The minimum atomic E-state index is -0.918. The second kappa shape index (κ2) is 5.65. The van der Waals surface area contributed by atoms with E-state index in [0.29, 0.717) is 6.04 Å². The Kier molecular flexibility index (Phi) is 4.18. The summed E-state index contributed by atoms with van der Waals surface area (Å²) in [6.07, 6.45) is 2.05. The number of hydrogen-bond acceptors (Lipinski definition) is 3. The van der Waals surface area contributed by atoms with Crippen LogP contribution >= 0.6 is 0 Å². The van der Waals surface area contributed by atoms with Crippen molar-refractivity contribution in [2.45, 2.75) is 30.7 Å². The van der Waals surface area contributed by atoms with Crippen LogP contribution in [0.5, 0.6) is 5.75 Å². The van der Waals surface area contributed by atoms with Crippen molar-refractivity contribution in [3.63, 3.8) is 0 Å². The maximum atomic E-state index is 12.1. The second-order valence-corrected chi connectivity index (χ2v) is 5.73. The van der Waals surface area contributed by atoms with Crippen LogP contribution in [0.3, 0.4) is 0 Å². The molecule has 2 unspecified atom stereocenters. The van der Waals surface area contributed by atoms with Gasteiger partial charge in [0.2, 0.25) is 0 Å². The SMILES string of the molecule is CCCNC1CCS(=O)c2c(OC)cccc21. The molecular formula is C13H19NO2S. The van der Waals surface area contributed by atoms with Crippen LogP contribution in [0.15, 0.2) is 23.1 Å². The van der Waals surface area contributed by atoms with Crippen molar-refractivity contribution in [1.29, 1.82) is 0 Å². The Morgan fingerprint density at radius 2 is 2.35 bits per heavy atom. The summed E-state index contributed by atoms with van der Waals surface area (Å²) in [5, 5.41) is 3.51. The van der Waals surface area contributed by atoms with E-state index < -0.39 is 10.8 Å². The van der Waals surface area contributed by atoms with Gasteiger partial charge >= 0.3 is 0 Å². The van der Waals surface area contributed by atoms with E-state index in [0.717, 1.165) is 41.3 Å². The Hall–Kier alpha value is -0.870. The van der Waals surface area contributed by atoms with Gasteiger partial charge in [0, 0.05) is 11.8 Å². The molecule has 0 saturated carbocycles. The molecule has 1 aromatic rings. The molecule has 94 valence electrons. The van der Waals surface area contributed by atoms with E-state index >= 15 is 0 Å². The molecule has 3 nitrogen and oxygen atoms in total. The van der Waals surface area contributed by atoms with Gasteiger partial charge in [-0.1, -0.05) is 19.1 Å². The number of benzene rings is 1. The number of methoxy groups -OCH3 is 1. The lowest BCUT2D eigenvalue weighted by molar-refractivity contribution is 0.397. The van der Waals surface area contributed by atoms with Crippen LogP contribution in [-0.4, -0.2) is 23.6 Å². The maximum Gasteiger partial charge on any atom is 0.135 e. The highest BCUT2D eigenvalue weighted by molar-refractivity contribution is 7.85. The van der Waals surface area contributed by atoms with Gasteiger partial charge in [0.1, 0.15) is 5.75 Å². The van der Waals surface area contributed by atoms with Crippen LogP contribution in [0.2, 0.25) is 0 Å². The van der Waals surface area contributed by atoms with Gasteiger partial charge in [-0.15, -0.1) is 0 Å². The van der Waals surface area contributed by atoms with Gasteiger partial charge in [0.05, 0.1) is 22.8 Å². The normalized spacial score (nSPS) is 23.2. The van der Waals surface area contributed by atoms with Gasteiger partial charge in [0.25, 0.3) is 0 Å². The van der Waals surface area contributed by atoms with Crippen LogP contribution in [0, 0.1) is 0 Å². The topological polar surface area (TPSA) is 38.3 Å². The first kappa shape index (κ1) is 12.6. The first-order valence-corrected chi connectivity index (χ1v) is 7.38. The van der Waals surface area contributed by atoms with Gasteiger partial charge < -0.3 is 10.1 Å². The summed E-state index contributed by atoms with van der Waals surface area (Å²) in [6, 6.07) is 6.24. The number of hydrogen-bond donors (Lipinski definition) is 1. The molecule has 1 heterocycles. The predicted octanol–water partition coefficient (Wildman–Crippen LogP) is 2.25. The highest BCUT2D eigenvalue weighted by Gasteiger charge is 2.26. The number of ether oxygens (including phenoxy) is 1. The van der Waals surface area contributed by atoms with E-state index in [2.05, 4.69) is 18.3 Å². The molecule has 0 amide bonds. The van der Waals surface area contributed by atoms with Crippen molar-refractivity contribution in [2.24, 2.45) is 0 Å². The summed E-state index contributed by atoms with van der Waals surface area (Å²) >= 11 is 0. The Morgan fingerprint density at radius 3 is 3.06 bits per heavy atom. The largest absolute Gasteiger partial charge is 0.495 e. The van der Waals surface area contributed by atoms with Gasteiger partial charge in [0.15, 0.2) is 0 Å². The number of rotatable bonds is 4. The van der Waals surface area contributed by atoms with E-state index in [1.165, 1.54) is 0 Å². The highest BCUT2D eigenvalue weighted by atomic mass is 32.2. The van der Waals surface area contributed by atoms with Crippen molar-refractivity contribution < 1.29 is 8.95 Å². The zero-order valence-corrected chi connectivity index (χ0v) is 11.2. The minimum Gasteiger partial charge on any atom is -0.495 e. The van der Waals surface area contributed by atoms with Crippen LogP contribution in [0.1, 0.15) is 31.4 Å². The fraction of sp³-hybridized carbons (Fsp3) is 0.538. The zero-order chi connectivity index (χ0) is 12.3. The average molecular weight is 253 g/mol. The summed E-state index contributed by atoms with van der Waals surface area (Å²) in [5.41, 5.74) is 1.14. The Labute approximate surface area is 105 Å². The van der Waals surface area contributed by atoms with Crippen LogP contribution in [0.25, 0.3) is 0 Å². The molecular weight excluding hydrogens is 234 g/mol. The molecule has 4 heteroatoms. The summed E-state index contributed by atoms with van der Waals surface area (Å²) in [7, 11) is 0.717. The van der Waals surface area contributed by atoms with Crippen molar-refractivity contribution in [1.82, 2.24) is 5.32 Å². The number of nitrogens with one attached hydrogen (secondary N) is 1. The minimum absolute atomic E-state index is 0.317. The lowest BCUT2D eigenvalue weighted by Gasteiger charge is -2.27. The van der Waals surface area contributed by atoms with E-state index in [1.54, 1.807) is 7.11 Å². The van der Waals surface area contributed by atoms with Crippen molar-refractivity contribution >= 4 is 10.8 Å². The summed E-state index contributed by atoms with van der Waals surface area (Å²) in [5.74, 6) is 1.47. The molecule has 1 aliphatic heterocycles. The first-order chi connectivity index (χ1) is 8.27. The third kappa shape index (κ3) is 2.53. The Bertz CT molecular complexity index is 420. The molecule has 0 aromatic heterocycles. The van der Waals surface area contributed by atoms with Crippen molar-refractivity contribution in [2.75, 3.05) is 19.4 Å². The summed E-state index contributed by atoms with van der Waals surface area (Å²) in [4.78, 5) is 0.884. The van der Waals surface area contributed by atoms with Crippen LogP contribution in [-0.2, 0) is 10.8 Å². The smallest absolute Gasteiger partial charge is 0.135 e. The fourth-order valence-electron chi connectivity index (χ4n) is 2.22. The zero-order valence-electron chi connectivity index (χ0n) is 10.4. The summed E-state index contributed by atoms with van der Waals surface area (Å²) in [6.45, 7) is 3.15. The summed E-state index contributed by atoms with van der Waals surface area (Å²) < 4.78 is 17.4. The van der Waals surface area contributed by atoms with Crippen molar-refractivity contribution in [3.8, 4) is 5.75 Å². The average Bonchev–Trinajstić information content (AvgIpc) is 2.37. The first-order valence-electron chi connectivity index (χ1n) is 6.06. The molecule has 0 spiro atoms. The fourth-order valence-corrected chi connectivity index (χ4v) is 3.73. The predicted molar refractivity (Wildman–Crippen MR) is 69.9 cm³/mol. The standard InChI is InChI=1S/C13H19NO2S/c1-3-8-14-11-7-9-17(15)13-10(11)5-4-6-12(13)16-2/h4-6,11,14H,3,7-9H2,1-2H3. The van der Waals surface area contributed by atoms with E-state index in [4.69, 9.17) is 4.74 Å². The molecule has 0 saturated heterocycles. The molecule has 1 aliphatic rings. The lowest BCUT2D eigenvalue weighted by atomic mass is 10.0. The van der Waals surface area contributed by atoms with Gasteiger partial charge in [-0.25, -0.2) is 0 Å². The molecule has 1 N–H and O–H groups in total. The van der Waals surface area contributed by atoms with E-state index in [1.807, 2.05) is 12.1 Å². The third-order valence-electron chi connectivity index (χ3n) is 3.07. The molecule has 0 radical (unpaired) electrons. The molecule has 0 aliphatic carbocycles. The van der Waals surface area contributed by atoms with Crippen LogP contribution < -0.4 is 10.1 Å². The highest BCUT2D eigenvalue weighted by Crippen LogP contribution is 2.35. The molecule has 2 rings (SSSR count). The Balaban J connectivity index is 2.35. The number of fused-ring (bicyclic) bond motifs is 1. The maximum absolute atomic E-state index is 12.1. The van der Waals surface area contributed by atoms with E-state index in [9.17, 15) is 4.21 Å². The van der Waals surface area contributed by atoms with Gasteiger partial charge in [-0.2, -0.15) is 0 Å². The quantitative estimate of drug-likeness (QED) is 0.894. The third-order valence-corrected chi connectivity index (χ3v) is 4.56. The van der Waals surface area contributed by atoms with E-state index in [-0.39, 0.29) is 0 Å². The monoisotopic (exact) mass is 253 g/mol. The Morgan fingerprint density at radius 1 is 1.53 bits per heavy atom. The molecule has 1 aromatic carbocycles. The van der Waals surface area contributed by atoms with Gasteiger partial charge in [-0.3, -0.25) is 4.21 Å². The van der Waals surface area contributed by atoms with Crippen molar-refractivity contribution in [3.05, 3.63) is 23.8 Å². The van der Waals surface area contributed by atoms with Crippen LogP contribution in [0.4, 0.5) is 0 Å². The molecule has 0 fully saturated rings. The molecule has 2 atom stereocenters. The second-order valence-electron chi connectivity index (χ2n) is 4.22. The lowest BCUT2D eigenvalue weighted by Crippen LogP contribution is -2.28.